The zero-order valence-electron chi connectivity index (χ0n) is 16.9. The number of halogens is 1. The minimum Gasteiger partial charge on any atom is -0.463 e. The number of nitrogens with zero attached hydrogens (tertiary/aromatic N) is 3. The van der Waals surface area contributed by atoms with Gasteiger partial charge in [-0.3, -0.25) is 4.79 Å². The molecule has 9 heteroatoms. The molecule has 1 N–H and O–H groups in total. The van der Waals surface area contributed by atoms with E-state index in [-0.39, 0.29) is 31.9 Å². The predicted molar refractivity (Wildman–Crippen MR) is 115 cm³/mol. The molecule has 1 amide bonds. The topological polar surface area (TPSA) is 94.3 Å². The van der Waals surface area contributed by atoms with Crippen molar-refractivity contribution in [3.05, 3.63) is 71.1 Å². The maximum absolute atomic E-state index is 12.7. The van der Waals surface area contributed by atoms with Crippen molar-refractivity contribution in [3.8, 4) is 0 Å². The molecule has 1 aliphatic heterocycles. The van der Waals surface area contributed by atoms with E-state index in [0.717, 1.165) is 5.56 Å². The molecule has 8 nitrogen and oxygen atoms in total. The maximum atomic E-state index is 12.7. The molecule has 2 aromatic heterocycles. The Labute approximate surface area is 183 Å². The van der Waals surface area contributed by atoms with Gasteiger partial charge in [-0.15, -0.1) is 0 Å². The van der Waals surface area contributed by atoms with Crippen LogP contribution in [0.1, 0.15) is 29.3 Å². The smallest absolute Gasteiger partial charge is 0.354 e. The number of nitrogens with one attached hydrogen (secondary N) is 1. The van der Waals surface area contributed by atoms with Gasteiger partial charge in [-0.05, 0) is 36.8 Å². The highest BCUT2D eigenvalue weighted by Gasteiger charge is 2.48. The SMILES string of the molecule is CCOC(=O)C1(Cc2cccc(Cl)c2)CC(CNC(=O)c2cccn3ccnc23)=NO1. The van der Waals surface area contributed by atoms with Gasteiger partial charge in [0.2, 0.25) is 5.60 Å². The third kappa shape index (κ3) is 4.39. The fourth-order valence-electron chi connectivity index (χ4n) is 3.56. The summed E-state index contributed by atoms with van der Waals surface area (Å²) in [5.41, 5.74) is 1.09. The van der Waals surface area contributed by atoms with Crippen molar-refractivity contribution in [1.29, 1.82) is 0 Å². The highest BCUT2D eigenvalue weighted by atomic mass is 35.5. The van der Waals surface area contributed by atoms with Gasteiger partial charge in [-0.25, -0.2) is 9.78 Å². The molecule has 3 aromatic rings. The minimum absolute atomic E-state index is 0.136. The van der Waals surface area contributed by atoms with Crippen LogP contribution in [0, 0.1) is 0 Å². The molecule has 0 spiro atoms. The molecule has 31 heavy (non-hydrogen) atoms. The maximum Gasteiger partial charge on any atom is 0.354 e. The summed E-state index contributed by atoms with van der Waals surface area (Å²) in [5, 5.41) is 7.47. The van der Waals surface area contributed by atoms with Gasteiger partial charge in [-0.2, -0.15) is 0 Å². The van der Waals surface area contributed by atoms with Crippen molar-refractivity contribution in [2.45, 2.75) is 25.4 Å². The van der Waals surface area contributed by atoms with Crippen molar-refractivity contribution in [3.63, 3.8) is 0 Å². The second-order valence-corrected chi connectivity index (χ2v) is 7.65. The Morgan fingerprint density at radius 3 is 2.97 bits per heavy atom. The van der Waals surface area contributed by atoms with Crippen LogP contribution in [0.5, 0.6) is 0 Å². The summed E-state index contributed by atoms with van der Waals surface area (Å²) in [6, 6.07) is 10.7. The van der Waals surface area contributed by atoms with Crippen molar-refractivity contribution in [2.24, 2.45) is 5.16 Å². The number of imidazole rings is 1. The third-order valence-corrected chi connectivity index (χ3v) is 5.22. The van der Waals surface area contributed by atoms with Gasteiger partial charge in [0.05, 0.1) is 24.4 Å². The Kier molecular flexibility index (Phi) is 5.90. The number of benzene rings is 1. The van der Waals surface area contributed by atoms with E-state index in [9.17, 15) is 9.59 Å². The number of pyridine rings is 1. The van der Waals surface area contributed by atoms with E-state index in [1.165, 1.54) is 0 Å². The zero-order chi connectivity index (χ0) is 21.8. The van der Waals surface area contributed by atoms with Gasteiger partial charge < -0.3 is 19.3 Å². The van der Waals surface area contributed by atoms with E-state index in [1.807, 2.05) is 18.3 Å². The molecule has 0 saturated heterocycles. The van der Waals surface area contributed by atoms with Crippen LogP contribution in [0.4, 0.5) is 0 Å². The molecule has 0 radical (unpaired) electrons. The molecule has 0 bridgehead atoms. The van der Waals surface area contributed by atoms with Crippen molar-refractivity contribution >= 4 is 34.8 Å². The van der Waals surface area contributed by atoms with Crippen LogP contribution in [-0.2, 0) is 20.8 Å². The third-order valence-electron chi connectivity index (χ3n) is 4.98. The van der Waals surface area contributed by atoms with E-state index >= 15 is 0 Å². The van der Waals surface area contributed by atoms with Gasteiger partial charge in [0, 0.05) is 36.5 Å². The van der Waals surface area contributed by atoms with Crippen LogP contribution in [0.2, 0.25) is 5.02 Å². The predicted octanol–water partition coefficient (Wildman–Crippen LogP) is 3.04. The fourth-order valence-corrected chi connectivity index (χ4v) is 3.77. The lowest BCUT2D eigenvalue weighted by Gasteiger charge is -2.24. The molecule has 1 unspecified atom stereocenters. The number of fused-ring (bicyclic) bond motifs is 1. The van der Waals surface area contributed by atoms with Crippen LogP contribution in [-0.4, -0.2) is 45.7 Å². The number of carbonyl (C=O) groups is 2. The lowest BCUT2D eigenvalue weighted by molar-refractivity contribution is -0.168. The Morgan fingerprint density at radius 2 is 2.16 bits per heavy atom. The highest BCUT2D eigenvalue weighted by molar-refractivity contribution is 6.30. The number of hydrogen-bond acceptors (Lipinski definition) is 6. The van der Waals surface area contributed by atoms with Crippen LogP contribution >= 0.6 is 11.6 Å². The fraction of sp³-hybridized carbons (Fsp3) is 0.273. The number of amides is 1. The van der Waals surface area contributed by atoms with E-state index < -0.39 is 11.6 Å². The number of hydrogen-bond donors (Lipinski definition) is 1. The van der Waals surface area contributed by atoms with E-state index in [2.05, 4.69) is 15.5 Å². The molecule has 4 rings (SSSR count). The number of carbonyl (C=O) groups excluding carboxylic acids is 2. The first-order chi connectivity index (χ1) is 15.0. The molecule has 0 saturated carbocycles. The van der Waals surface area contributed by atoms with Gasteiger partial charge in [0.25, 0.3) is 5.91 Å². The molecule has 1 aromatic carbocycles. The number of rotatable bonds is 7. The average molecular weight is 441 g/mol. The van der Waals surface area contributed by atoms with Crippen molar-refractivity contribution in [2.75, 3.05) is 13.2 Å². The summed E-state index contributed by atoms with van der Waals surface area (Å²) < 4.78 is 7.01. The lowest BCUT2D eigenvalue weighted by Crippen LogP contribution is -2.43. The Hall–Kier alpha value is -3.39. The number of ether oxygens (including phenoxy) is 1. The largest absolute Gasteiger partial charge is 0.463 e. The number of oxime groups is 1. The molecular weight excluding hydrogens is 420 g/mol. The average Bonchev–Trinajstić information content (AvgIpc) is 3.40. The normalized spacial score (nSPS) is 17.8. The van der Waals surface area contributed by atoms with Gasteiger partial charge in [0.1, 0.15) is 5.65 Å². The summed E-state index contributed by atoms with van der Waals surface area (Å²) >= 11 is 6.08. The standard InChI is InChI=1S/C22H21ClN4O4/c1-2-30-21(29)22(12-15-5-3-6-16(23)11-15)13-17(26-31-22)14-25-20(28)18-7-4-9-27-10-8-24-19(18)27/h3-11H,2,12-14H2,1H3,(H,25,28). The Bertz CT molecular complexity index is 1160. The molecular formula is C22H21ClN4O4. The summed E-state index contributed by atoms with van der Waals surface area (Å²) in [5.74, 6) is -0.787. The molecule has 1 atom stereocenters. The highest BCUT2D eigenvalue weighted by Crippen LogP contribution is 2.30. The first kappa shape index (κ1) is 20.9. The van der Waals surface area contributed by atoms with E-state index in [4.69, 9.17) is 21.2 Å². The monoisotopic (exact) mass is 440 g/mol. The van der Waals surface area contributed by atoms with Crippen LogP contribution < -0.4 is 5.32 Å². The second kappa shape index (κ2) is 8.77. The van der Waals surface area contributed by atoms with E-state index in [1.54, 1.807) is 48.0 Å². The molecule has 160 valence electrons. The van der Waals surface area contributed by atoms with Crippen molar-refractivity contribution < 1.29 is 19.2 Å². The van der Waals surface area contributed by atoms with Gasteiger partial charge in [-0.1, -0.05) is 28.9 Å². The summed E-state index contributed by atoms with van der Waals surface area (Å²) in [6.07, 6.45) is 5.67. The number of aromatic nitrogens is 2. The molecule has 1 aliphatic rings. The molecule has 0 aliphatic carbocycles. The molecule has 3 heterocycles. The second-order valence-electron chi connectivity index (χ2n) is 7.21. The first-order valence-corrected chi connectivity index (χ1v) is 10.2. The zero-order valence-corrected chi connectivity index (χ0v) is 17.6. The minimum atomic E-state index is -1.29. The lowest BCUT2D eigenvalue weighted by atomic mass is 9.89. The number of esters is 1. The summed E-state index contributed by atoms with van der Waals surface area (Å²) in [4.78, 5) is 35.2. The van der Waals surface area contributed by atoms with Crippen LogP contribution in [0.25, 0.3) is 5.65 Å². The van der Waals surface area contributed by atoms with Crippen LogP contribution in [0.3, 0.4) is 0 Å². The Balaban J connectivity index is 1.46. The molecule has 0 fully saturated rings. The quantitative estimate of drug-likeness (QED) is 0.570. The van der Waals surface area contributed by atoms with Gasteiger partial charge >= 0.3 is 5.97 Å². The van der Waals surface area contributed by atoms with E-state index in [0.29, 0.717) is 21.9 Å². The first-order valence-electron chi connectivity index (χ1n) is 9.86. The van der Waals surface area contributed by atoms with Crippen molar-refractivity contribution in [1.82, 2.24) is 14.7 Å². The summed E-state index contributed by atoms with van der Waals surface area (Å²) in [6.45, 7) is 2.09. The Morgan fingerprint density at radius 1 is 1.29 bits per heavy atom. The summed E-state index contributed by atoms with van der Waals surface area (Å²) in [7, 11) is 0. The van der Waals surface area contributed by atoms with Crippen LogP contribution in [0.15, 0.2) is 60.1 Å². The van der Waals surface area contributed by atoms with Gasteiger partial charge in [0.15, 0.2) is 0 Å².